The number of rotatable bonds is 8. The Morgan fingerprint density at radius 2 is 1.81 bits per heavy atom. The van der Waals surface area contributed by atoms with Gasteiger partial charge in [-0.1, -0.05) is 30.3 Å². The third-order valence-corrected chi connectivity index (χ3v) is 3.77. The normalized spacial score (nSPS) is 10.5. The predicted octanol–water partition coefficient (Wildman–Crippen LogP) is 2.70. The summed E-state index contributed by atoms with van der Waals surface area (Å²) in [6.07, 6.45) is 4.72. The third kappa shape index (κ3) is 6.05. The summed E-state index contributed by atoms with van der Waals surface area (Å²) < 4.78 is 0. The maximum absolute atomic E-state index is 11.9. The predicted molar refractivity (Wildman–Crippen MR) is 105 cm³/mol. The molecule has 2 N–H and O–H groups in total. The van der Waals surface area contributed by atoms with Gasteiger partial charge in [0.1, 0.15) is 5.82 Å². The van der Waals surface area contributed by atoms with Gasteiger partial charge in [0.15, 0.2) is 0 Å². The van der Waals surface area contributed by atoms with Gasteiger partial charge in [0.2, 0.25) is 11.8 Å². The van der Waals surface area contributed by atoms with Gasteiger partial charge in [-0.05, 0) is 37.6 Å². The van der Waals surface area contributed by atoms with Gasteiger partial charge in [0.25, 0.3) is 0 Å². The molecule has 2 amide bonds. The summed E-state index contributed by atoms with van der Waals surface area (Å²) >= 11 is 0. The molecule has 0 aliphatic heterocycles. The summed E-state index contributed by atoms with van der Waals surface area (Å²) in [6, 6.07) is 13.1. The molecule has 2 aromatic rings. The van der Waals surface area contributed by atoms with Crippen molar-refractivity contribution in [3.05, 3.63) is 60.3 Å². The Labute approximate surface area is 153 Å². The minimum atomic E-state index is -0.320. The molecule has 0 saturated carbocycles. The SMILES string of the molecule is CCN(CC)c1ccc(NC(=O)CNC(=O)/C=C/c2ccccc2)cn1. The van der Waals surface area contributed by atoms with E-state index in [9.17, 15) is 9.59 Å². The van der Waals surface area contributed by atoms with Gasteiger partial charge < -0.3 is 15.5 Å². The first kappa shape index (κ1) is 19.2. The molecule has 136 valence electrons. The molecule has 0 fully saturated rings. The van der Waals surface area contributed by atoms with Crippen molar-refractivity contribution < 1.29 is 9.59 Å². The first-order chi connectivity index (χ1) is 12.6. The molecule has 0 unspecified atom stereocenters. The molecule has 1 aromatic heterocycles. The van der Waals surface area contributed by atoms with Crippen molar-refractivity contribution in [3.63, 3.8) is 0 Å². The Balaban J connectivity index is 1.79. The van der Waals surface area contributed by atoms with E-state index in [1.54, 1.807) is 18.3 Å². The van der Waals surface area contributed by atoms with Crippen LogP contribution >= 0.6 is 0 Å². The second kappa shape index (κ2) is 9.98. The second-order valence-electron chi connectivity index (χ2n) is 5.59. The van der Waals surface area contributed by atoms with Crippen LogP contribution in [-0.2, 0) is 9.59 Å². The quantitative estimate of drug-likeness (QED) is 0.717. The van der Waals surface area contributed by atoms with Crippen LogP contribution in [0.5, 0.6) is 0 Å². The molecule has 6 heteroatoms. The number of nitrogens with one attached hydrogen (secondary N) is 2. The molecule has 0 saturated heterocycles. The van der Waals surface area contributed by atoms with Crippen LogP contribution in [0.4, 0.5) is 11.5 Å². The van der Waals surface area contributed by atoms with Gasteiger partial charge in [-0.25, -0.2) is 4.98 Å². The van der Waals surface area contributed by atoms with E-state index >= 15 is 0 Å². The number of carbonyl (C=O) groups is 2. The highest BCUT2D eigenvalue weighted by atomic mass is 16.2. The van der Waals surface area contributed by atoms with Crippen LogP contribution in [0, 0.1) is 0 Å². The monoisotopic (exact) mass is 352 g/mol. The van der Waals surface area contributed by atoms with E-state index in [2.05, 4.69) is 34.4 Å². The van der Waals surface area contributed by atoms with Gasteiger partial charge in [-0.2, -0.15) is 0 Å². The Morgan fingerprint density at radius 1 is 1.08 bits per heavy atom. The molecule has 1 heterocycles. The molecule has 1 aromatic carbocycles. The number of hydrogen-bond donors (Lipinski definition) is 2. The Hall–Kier alpha value is -3.15. The molecule has 26 heavy (non-hydrogen) atoms. The van der Waals surface area contributed by atoms with Crippen molar-refractivity contribution in [1.82, 2.24) is 10.3 Å². The average molecular weight is 352 g/mol. The minimum absolute atomic E-state index is 0.101. The molecule has 0 atom stereocenters. The van der Waals surface area contributed by atoms with Crippen LogP contribution in [0.3, 0.4) is 0 Å². The van der Waals surface area contributed by atoms with Crippen molar-refractivity contribution >= 4 is 29.4 Å². The highest BCUT2D eigenvalue weighted by Gasteiger charge is 2.06. The second-order valence-corrected chi connectivity index (χ2v) is 5.59. The van der Waals surface area contributed by atoms with Crippen molar-refractivity contribution in [2.24, 2.45) is 0 Å². The highest BCUT2D eigenvalue weighted by Crippen LogP contribution is 2.13. The topological polar surface area (TPSA) is 74.3 Å². The van der Waals surface area contributed by atoms with Gasteiger partial charge in [0, 0.05) is 19.2 Å². The number of aromatic nitrogens is 1. The maximum atomic E-state index is 11.9. The van der Waals surface area contributed by atoms with E-state index < -0.39 is 0 Å². The molecule has 0 aliphatic carbocycles. The molecule has 0 spiro atoms. The lowest BCUT2D eigenvalue weighted by atomic mass is 10.2. The third-order valence-electron chi connectivity index (χ3n) is 3.77. The van der Waals surface area contributed by atoms with Crippen molar-refractivity contribution in [3.8, 4) is 0 Å². The van der Waals surface area contributed by atoms with Crippen LogP contribution in [0.1, 0.15) is 19.4 Å². The van der Waals surface area contributed by atoms with Crippen LogP contribution < -0.4 is 15.5 Å². The molecule has 2 rings (SSSR count). The first-order valence-electron chi connectivity index (χ1n) is 8.64. The minimum Gasteiger partial charge on any atom is -0.357 e. The molecular weight excluding hydrogens is 328 g/mol. The standard InChI is InChI=1S/C20H24N4O2/c1-3-24(4-2)18-12-11-17(14-21-18)23-20(26)15-22-19(25)13-10-16-8-6-5-7-9-16/h5-14H,3-4,15H2,1-2H3,(H,22,25)(H,23,26)/b13-10+. The lowest BCUT2D eigenvalue weighted by molar-refractivity contribution is -0.121. The lowest BCUT2D eigenvalue weighted by Gasteiger charge is -2.19. The van der Waals surface area contributed by atoms with Crippen LogP contribution in [0.25, 0.3) is 6.08 Å². The maximum Gasteiger partial charge on any atom is 0.244 e. The lowest BCUT2D eigenvalue weighted by Crippen LogP contribution is -2.31. The summed E-state index contributed by atoms with van der Waals surface area (Å²) in [6.45, 7) is 5.77. The highest BCUT2D eigenvalue weighted by molar-refractivity contribution is 5.97. The number of carbonyl (C=O) groups excluding carboxylic acids is 2. The fourth-order valence-electron chi connectivity index (χ4n) is 2.36. The van der Waals surface area contributed by atoms with Crippen molar-refractivity contribution in [1.29, 1.82) is 0 Å². The average Bonchev–Trinajstić information content (AvgIpc) is 2.68. The van der Waals surface area contributed by atoms with Crippen LogP contribution in [0.15, 0.2) is 54.7 Å². The summed E-state index contributed by atoms with van der Waals surface area (Å²) in [4.78, 5) is 30.2. The zero-order valence-corrected chi connectivity index (χ0v) is 15.1. The Kier molecular flexibility index (Phi) is 7.36. The van der Waals surface area contributed by atoms with Crippen molar-refractivity contribution in [2.45, 2.75) is 13.8 Å². The van der Waals surface area contributed by atoms with Crippen molar-refractivity contribution in [2.75, 3.05) is 29.9 Å². The number of amides is 2. The summed E-state index contributed by atoms with van der Waals surface area (Å²) in [5.41, 5.74) is 1.52. The van der Waals surface area contributed by atoms with Gasteiger partial charge in [-0.15, -0.1) is 0 Å². The van der Waals surface area contributed by atoms with Crippen LogP contribution in [0.2, 0.25) is 0 Å². The largest absolute Gasteiger partial charge is 0.357 e. The summed E-state index contributed by atoms with van der Waals surface area (Å²) in [5, 5.41) is 5.27. The number of pyridine rings is 1. The molecule has 6 nitrogen and oxygen atoms in total. The number of nitrogens with zero attached hydrogens (tertiary/aromatic N) is 2. The van der Waals surface area contributed by atoms with Crippen LogP contribution in [-0.4, -0.2) is 36.4 Å². The van der Waals surface area contributed by atoms with Gasteiger partial charge in [0.05, 0.1) is 18.4 Å². The molecule has 0 bridgehead atoms. The molecule has 0 aliphatic rings. The fourth-order valence-corrected chi connectivity index (χ4v) is 2.36. The Bertz CT molecular complexity index is 738. The summed E-state index contributed by atoms with van der Waals surface area (Å²) in [5.74, 6) is 0.246. The van der Waals surface area contributed by atoms with E-state index in [1.165, 1.54) is 6.08 Å². The van der Waals surface area contributed by atoms with E-state index in [0.717, 1.165) is 24.5 Å². The first-order valence-corrected chi connectivity index (χ1v) is 8.64. The zero-order valence-electron chi connectivity index (χ0n) is 15.1. The smallest absolute Gasteiger partial charge is 0.244 e. The molecule has 0 radical (unpaired) electrons. The van der Waals surface area contributed by atoms with E-state index in [0.29, 0.717) is 5.69 Å². The van der Waals surface area contributed by atoms with E-state index in [-0.39, 0.29) is 18.4 Å². The zero-order chi connectivity index (χ0) is 18.8. The number of anilines is 2. The fraction of sp³-hybridized carbons (Fsp3) is 0.250. The van der Waals surface area contributed by atoms with E-state index in [1.807, 2.05) is 36.4 Å². The van der Waals surface area contributed by atoms with Gasteiger partial charge >= 0.3 is 0 Å². The number of benzene rings is 1. The molecular formula is C20H24N4O2. The van der Waals surface area contributed by atoms with Gasteiger partial charge in [-0.3, -0.25) is 9.59 Å². The number of hydrogen-bond acceptors (Lipinski definition) is 4. The summed E-state index contributed by atoms with van der Waals surface area (Å²) in [7, 11) is 0. The Morgan fingerprint density at radius 3 is 2.42 bits per heavy atom. The van der Waals surface area contributed by atoms with E-state index in [4.69, 9.17) is 0 Å².